The van der Waals surface area contributed by atoms with Crippen LogP contribution in [0.2, 0.25) is 0 Å². The number of hydrogen-bond acceptors (Lipinski definition) is 4. The second kappa shape index (κ2) is 8.38. The van der Waals surface area contributed by atoms with E-state index in [1.807, 2.05) is 72.7 Å². The Morgan fingerprint density at radius 2 is 1.75 bits per heavy atom. The summed E-state index contributed by atoms with van der Waals surface area (Å²) in [5.41, 5.74) is 0.327. The highest BCUT2D eigenvalue weighted by Crippen LogP contribution is 2.20. The van der Waals surface area contributed by atoms with Crippen molar-refractivity contribution in [3.63, 3.8) is 0 Å². The van der Waals surface area contributed by atoms with Crippen molar-refractivity contribution < 1.29 is 14.3 Å². The van der Waals surface area contributed by atoms with Crippen LogP contribution in [0.3, 0.4) is 0 Å². The molecule has 0 heterocycles. The molecular formula is C19H32N2O3. The van der Waals surface area contributed by atoms with E-state index in [1.54, 1.807) is 0 Å². The third-order valence-electron chi connectivity index (χ3n) is 3.17. The highest BCUT2D eigenvalue weighted by Gasteiger charge is 2.21. The van der Waals surface area contributed by atoms with E-state index in [0.29, 0.717) is 13.1 Å². The second-order valence-electron chi connectivity index (χ2n) is 7.87. The van der Waals surface area contributed by atoms with Gasteiger partial charge in [-0.1, -0.05) is 18.2 Å². The number of ether oxygens (including phenoxy) is 2. The Hall–Kier alpha value is -1.75. The SMILES string of the molecule is CC(C)Oc1ccccc1CNC(C)(C)CNC(=O)OC(C)(C)C. The van der Waals surface area contributed by atoms with E-state index in [0.717, 1.165) is 11.3 Å². The van der Waals surface area contributed by atoms with Gasteiger partial charge in [0.05, 0.1) is 6.10 Å². The molecular weight excluding hydrogens is 304 g/mol. The Bertz CT molecular complexity index is 534. The van der Waals surface area contributed by atoms with Gasteiger partial charge >= 0.3 is 6.09 Å². The van der Waals surface area contributed by atoms with Crippen LogP contribution in [0.1, 0.15) is 54.0 Å². The van der Waals surface area contributed by atoms with Gasteiger partial charge in [0.1, 0.15) is 11.4 Å². The Kier molecular flexibility index (Phi) is 7.08. The molecule has 1 aromatic rings. The van der Waals surface area contributed by atoms with Gasteiger partial charge in [0, 0.05) is 24.2 Å². The maximum atomic E-state index is 11.8. The van der Waals surface area contributed by atoms with Crippen LogP contribution in [0.25, 0.3) is 0 Å². The fraction of sp³-hybridized carbons (Fsp3) is 0.632. The maximum absolute atomic E-state index is 11.8. The van der Waals surface area contributed by atoms with Crippen LogP contribution < -0.4 is 15.4 Å². The first-order valence-corrected chi connectivity index (χ1v) is 8.45. The number of alkyl carbamates (subject to hydrolysis) is 1. The minimum Gasteiger partial charge on any atom is -0.491 e. The largest absolute Gasteiger partial charge is 0.491 e. The van der Waals surface area contributed by atoms with E-state index < -0.39 is 11.7 Å². The molecule has 0 saturated heterocycles. The summed E-state index contributed by atoms with van der Waals surface area (Å²) in [6, 6.07) is 7.98. The number of hydrogen-bond donors (Lipinski definition) is 2. The van der Waals surface area contributed by atoms with Gasteiger partial charge in [0.25, 0.3) is 0 Å². The van der Waals surface area contributed by atoms with E-state index in [1.165, 1.54) is 0 Å². The molecule has 0 radical (unpaired) electrons. The van der Waals surface area contributed by atoms with Crippen LogP contribution in [-0.4, -0.2) is 29.9 Å². The second-order valence-corrected chi connectivity index (χ2v) is 7.87. The summed E-state index contributed by atoms with van der Waals surface area (Å²) in [6.45, 7) is 14.8. The van der Waals surface area contributed by atoms with Crippen LogP contribution in [0.4, 0.5) is 4.79 Å². The van der Waals surface area contributed by atoms with Gasteiger partial charge in [0.15, 0.2) is 0 Å². The highest BCUT2D eigenvalue weighted by molar-refractivity contribution is 5.67. The topological polar surface area (TPSA) is 59.6 Å². The van der Waals surface area contributed by atoms with Gasteiger partial charge in [-0.2, -0.15) is 0 Å². The van der Waals surface area contributed by atoms with Gasteiger partial charge in [-0.05, 0) is 54.5 Å². The smallest absolute Gasteiger partial charge is 0.407 e. The van der Waals surface area contributed by atoms with Crippen molar-refractivity contribution in [3.8, 4) is 5.75 Å². The van der Waals surface area contributed by atoms with Gasteiger partial charge in [-0.3, -0.25) is 0 Å². The molecule has 0 unspecified atom stereocenters. The van der Waals surface area contributed by atoms with Gasteiger partial charge in [-0.25, -0.2) is 4.79 Å². The van der Waals surface area contributed by atoms with Crippen molar-refractivity contribution in [2.75, 3.05) is 6.54 Å². The molecule has 5 nitrogen and oxygen atoms in total. The van der Waals surface area contributed by atoms with Gasteiger partial charge in [0.2, 0.25) is 0 Å². The molecule has 1 amide bonds. The third kappa shape index (κ3) is 8.20. The number of rotatable bonds is 7. The average molecular weight is 336 g/mol. The lowest BCUT2D eigenvalue weighted by Crippen LogP contribution is -2.49. The highest BCUT2D eigenvalue weighted by atomic mass is 16.6. The number of carbonyl (C=O) groups excluding carboxylic acids is 1. The molecule has 0 aliphatic rings. The summed E-state index contributed by atoms with van der Waals surface area (Å²) in [5, 5.41) is 6.26. The van der Waals surface area contributed by atoms with Gasteiger partial charge in [-0.15, -0.1) is 0 Å². The van der Waals surface area contributed by atoms with Crippen LogP contribution in [0.5, 0.6) is 5.75 Å². The van der Waals surface area contributed by atoms with Gasteiger partial charge < -0.3 is 20.1 Å². The first-order valence-electron chi connectivity index (χ1n) is 8.45. The lowest BCUT2D eigenvalue weighted by molar-refractivity contribution is 0.0513. The Morgan fingerprint density at radius 1 is 1.12 bits per heavy atom. The number of amides is 1. The van der Waals surface area contributed by atoms with Crippen molar-refractivity contribution in [1.82, 2.24) is 10.6 Å². The molecule has 0 bridgehead atoms. The van der Waals surface area contributed by atoms with Crippen LogP contribution in [0.15, 0.2) is 24.3 Å². The van der Waals surface area contributed by atoms with Crippen LogP contribution in [0, 0.1) is 0 Å². The maximum Gasteiger partial charge on any atom is 0.407 e. The minimum absolute atomic E-state index is 0.132. The molecule has 5 heteroatoms. The zero-order valence-corrected chi connectivity index (χ0v) is 16.0. The van der Waals surface area contributed by atoms with E-state index in [2.05, 4.69) is 10.6 Å². The number of benzene rings is 1. The first-order chi connectivity index (χ1) is 11.0. The third-order valence-corrected chi connectivity index (χ3v) is 3.17. The molecule has 24 heavy (non-hydrogen) atoms. The lowest BCUT2D eigenvalue weighted by atomic mass is 10.0. The van der Waals surface area contributed by atoms with E-state index in [4.69, 9.17) is 9.47 Å². The molecule has 0 aromatic heterocycles. The van der Waals surface area contributed by atoms with Crippen molar-refractivity contribution in [2.24, 2.45) is 0 Å². The summed E-state index contributed by atoms with van der Waals surface area (Å²) in [4.78, 5) is 11.8. The zero-order valence-electron chi connectivity index (χ0n) is 16.0. The predicted octanol–water partition coefficient (Wildman–Crippen LogP) is 3.87. The molecule has 0 fully saturated rings. The van der Waals surface area contributed by atoms with E-state index >= 15 is 0 Å². The molecule has 0 atom stereocenters. The summed E-state index contributed by atoms with van der Waals surface area (Å²) in [7, 11) is 0. The quantitative estimate of drug-likeness (QED) is 0.793. The Labute approximate surface area is 146 Å². The lowest BCUT2D eigenvalue weighted by Gasteiger charge is -2.28. The first kappa shape index (κ1) is 20.3. The molecule has 1 rings (SSSR count). The molecule has 1 aromatic carbocycles. The summed E-state index contributed by atoms with van der Waals surface area (Å²) in [6.07, 6.45) is -0.270. The average Bonchev–Trinajstić information content (AvgIpc) is 2.42. The zero-order chi connectivity index (χ0) is 18.4. The monoisotopic (exact) mass is 336 g/mol. The molecule has 0 saturated carbocycles. The fourth-order valence-corrected chi connectivity index (χ4v) is 2.02. The molecule has 0 spiro atoms. The Morgan fingerprint density at radius 3 is 2.33 bits per heavy atom. The predicted molar refractivity (Wildman–Crippen MR) is 97.4 cm³/mol. The molecule has 2 N–H and O–H groups in total. The minimum atomic E-state index is -0.491. The van der Waals surface area contributed by atoms with Crippen molar-refractivity contribution in [1.29, 1.82) is 0 Å². The van der Waals surface area contributed by atoms with E-state index in [-0.39, 0.29) is 11.6 Å². The molecule has 136 valence electrons. The van der Waals surface area contributed by atoms with Crippen molar-refractivity contribution in [3.05, 3.63) is 29.8 Å². The summed E-state index contributed by atoms with van der Waals surface area (Å²) < 4.78 is 11.1. The number of nitrogens with one attached hydrogen (secondary N) is 2. The number of carbonyl (C=O) groups is 1. The molecule has 0 aliphatic heterocycles. The fourth-order valence-electron chi connectivity index (χ4n) is 2.02. The Balaban J connectivity index is 2.55. The normalized spacial score (nSPS) is 12.2. The van der Waals surface area contributed by atoms with Crippen LogP contribution >= 0.6 is 0 Å². The van der Waals surface area contributed by atoms with Crippen molar-refractivity contribution in [2.45, 2.75) is 72.3 Å². The summed E-state index contributed by atoms with van der Waals surface area (Å²) in [5.74, 6) is 0.885. The van der Waals surface area contributed by atoms with Crippen molar-refractivity contribution >= 4 is 6.09 Å². The standard InChI is InChI=1S/C19H32N2O3/c1-14(2)23-16-11-9-8-10-15(16)12-21-19(6,7)13-20-17(22)24-18(3,4)5/h8-11,14,21H,12-13H2,1-7H3,(H,20,22). The molecule has 0 aliphatic carbocycles. The summed E-state index contributed by atoms with van der Waals surface area (Å²) >= 11 is 0. The number of para-hydroxylation sites is 1. The van der Waals surface area contributed by atoms with E-state index in [9.17, 15) is 4.79 Å². The van der Waals surface area contributed by atoms with Crippen LogP contribution in [-0.2, 0) is 11.3 Å².